The summed E-state index contributed by atoms with van der Waals surface area (Å²) in [5.74, 6) is 0.719. The van der Waals surface area contributed by atoms with Gasteiger partial charge in [0.15, 0.2) is 5.78 Å². The number of rotatable bonds is 1. The van der Waals surface area contributed by atoms with Crippen molar-refractivity contribution in [3.63, 3.8) is 0 Å². The highest BCUT2D eigenvalue weighted by molar-refractivity contribution is 5.95. The van der Waals surface area contributed by atoms with Gasteiger partial charge < -0.3 is 4.74 Å². The van der Waals surface area contributed by atoms with E-state index in [-0.39, 0.29) is 5.60 Å². The number of ketones is 1. The van der Waals surface area contributed by atoms with Gasteiger partial charge in [-0.25, -0.2) is 0 Å². The van der Waals surface area contributed by atoms with Crippen LogP contribution in [0.3, 0.4) is 0 Å². The van der Waals surface area contributed by atoms with Crippen molar-refractivity contribution in [2.75, 3.05) is 6.61 Å². The Hall–Kier alpha value is -0.630. The summed E-state index contributed by atoms with van der Waals surface area (Å²) >= 11 is 0. The van der Waals surface area contributed by atoms with Crippen LogP contribution in [-0.2, 0) is 9.53 Å². The van der Waals surface area contributed by atoms with Crippen LogP contribution in [0.5, 0.6) is 0 Å². The lowest BCUT2D eigenvalue weighted by atomic mass is 9.81. The van der Waals surface area contributed by atoms with Crippen LogP contribution in [0.15, 0.2) is 11.6 Å². The van der Waals surface area contributed by atoms with Gasteiger partial charge >= 0.3 is 0 Å². The molecular weight excluding hydrogens is 152 g/mol. The molecule has 1 saturated heterocycles. The van der Waals surface area contributed by atoms with Gasteiger partial charge in [-0.2, -0.15) is 0 Å². The maximum atomic E-state index is 11.4. The Labute approximate surface area is 72.6 Å². The lowest BCUT2D eigenvalue weighted by Gasteiger charge is -2.22. The van der Waals surface area contributed by atoms with Crippen LogP contribution in [0, 0.1) is 5.92 Å². The Morgan fingerprint density at radius 2 is 2.33 bits per heavy atom. The average Bonchev–Trinajstić information content (AvgIpc) is 2.75. The van der Waals surface area contributed by atoms with Crippen LogP contribution in [0.25, 0.3) is 0 Å². The molecule has 1 aliphatic carbocycles. The third-order valence-electron chi connectivity index (χ3n) is 3.04. The molecule has 2 heteroatoms. The first-order chi connectivity index (χ1) is 5.62. The highest BCUT2D eigenvalue weighted by Gasteiger charge is 2.47. The van der Waals surface area contributed by atoms with E-state index in [1.165, 1.54) is 0 Å². The van der Waals surface area contributed by atoms with Crippen molar-refractivity contribution in [2.45, 2.75) is 32.3 Å². The first-order valence-corrected chi connectivity index (χ1v) is 4.46. The predicted molar refractivity (Wildman–Crippen MR) is 45.8 cm³/mol. The second-order valence-corrected chi connectivity index (χ2v) is 4.05. The van der Waals surface area contributed by atoms with E-state index in [4.69, 9.17) is 4.74 Å². The summed E-state index contributed by atoms with van der Waals surface area (Å²) in [4.78, 5) is 11.4. The molecule has 12 heavy (non-hydrogen) atoms. The summed E-state index contributed by atoms with van der Waals surface area (Å²) in [6.45, 7) is 4.83. The van der Waals surface area contributed by atoms with E-state index in [0.717, 1.165) is 18.6 Å². The molecule has 0 bridgehead atoms. The minimum atomic E-state index is 0.0207. The molecule has 1 aliphatic heterocycles. The highest BCUT2D eigenvalue weighted by atomic mass is 16.6. The SMILES string of the molecule is CC1=CC[C@H]([C@]2(C)CO2)CC1=O. The van der Waals surface area contributed by atoms with E-state index in [0.29, 0.717) is 18.1 Å². The number of hydrogen-bond acceptors (Lipinski definition) is 2. The fraction of sp³-hybridized carbons (Fsp3) is 0.700. The molecule has 0 radical (unpaired) electrons. The summed E-state index contributed by atoms with van der Waals surface area (Å²) in [5.41, 5.74) is 0.947. The number of carbonyl (C=O) groups is 1. The van der Waals surface area contributed by atoms with Gasteiger partial charge in [0, 0.05) is 12.3 Å². The zero-order valence-electron chi connectivity index (χ0n) is 7.59. The first-order valence-electron chi connectivity index (χ1n) is 4.46. The Morgan fingerprint density at radius 1 is 1.67 bits per heavy atom. The molecule has 0 N–H and O–H groups in total. The summed E-state index contributed by atoms with van der Waals surface area (Å²) in [6.07, 6.45) is 3.73. The quantitative estimate of drug-likeness (QED) is 0.555. The third-order valence-corrected chi connectivity index (χ3v) is 3.04. The molecule has 0 aromatic rings. The van der Waals surface area contributed by atoms with Crippen molar-refractivity contribution in [3.8, 4) is 0 Å². The molecule has 0 spiro atoms. The number of allylic oxidation sites excluding steroid dienone is 2. The van der Waals surface area contributed by atoms with Crippen molar-refractivity contribution in [2.24, 2.45) is 5.92 Å². The fourth-order valence-electron chi connectivity index (χ4n) is 1.72. The van der Waals surface area contributed by atoms with Crippen LogP contribution in [0.1, 0.15) is 26.7 Å². The van der Waals surface area contributed by atoms with Gasteiger partial charge in [0.1, 0.15) is 0 Å². The van der Waals surface area contributed by atoms with Gasteiger partial charge in [0.25, 0.3) is 0 Å². The number of epoxide rings is 1. The summed E-state index contributed by atoms with van der Waals surface area (Å²) in [6, 6.07) is 0. The van der Waals surface area contributed by atoms with Crippen LogP contribution >= 0.6 is 0 Å². The zero-order chi connectivity index (χ0) is 8.77. The van der Waals surface area contributed by atoms with E-state index < -0.39 is 0 Å². The van der Waals surface area contributed by atoms with Crippen LogP contribution < -0.4 is 0 Å². The number of hydrogen-bond donors (Lipinski definition) is 0. The van der Waals surface area contributed by atoms with Crippen LogP contribution in [0.4, 0.5) is 0 Å². The maximum absolute atomic E-state index is 11.4. The second-order valence-electron chi connectivity index (χ2n) is 4.05. The Kier molecular flexibility index (Phi) is 1.62. The topological polar surface area (TPSA) is 29.6 Å². The smallest absolute Gasteiger partial charge is 0.158 e. The van der Waals surface area contributed by atoms with Gasteiger partial charge in [-0.05, 0) is 25.8 Å². The number of ether oxygens (including phenoxy) is 1. The van der Waals surface area contributed by atoms with Crippen molar-refractivity contribution < 1.29 is 9.53 Å². The van der Waals surface area contributed by atoms with Crippen molar-refractivity contribution in [1.82, 2.24) is 0 Å². The molecule has 0 aromatic heterocycles. The van der Waals surface area contributed by atoms with Crippen molar-refractivity contribution in [3.05, 3.63) is 11.6 Å². The maximum Gasteiger partial charge on any atom is 0.158 e. The molecule has 2 rings (SSSR count). The molecule has 0 saturated carbocycles. The normalized spacial score (nSPS) is 41.0. The highest BCUT2D eigenvalue weighted by Crippen LogP contribution is 2.41. The van der Waals surface area contributed by atoms with Gasteiger partial charge in [-0.1, -0.05) is 6.08 Å². The molecule has 0 unspecified atom stereocenters. The van der Waals surface area contributed by atoms with E-state index >= 15 is 0 Å². The molecule has 2 aliphatic rings. The van der Waals surface area contributed by atoms with Gasteiger partial charge in [0.05, 0.1) is 12.2 Å². The third kappa shape index (κ3) is 1.20. The molecular formula is C10H14O2. The summed E-state index contributed by atoms with van der Waals surface area (Å²) < 4.78 is 5.34. The van der Waals surface area contributed by atoms with Crippen molar-refractivity contribution >= 4 is 5.78 Å². The molecule has 1 heterocycles. The summed E-state index contributed by atoms with van der Waals surface area (Å²) in [5, 5.41) is 0. The minimum absolute atomic E-state index is 0.0207. The largest absolute Gasteiger partial charge is 0.370 e. The molecule has 66 valence electrons. The molecule has 0 aromatic carbocycles. The van der Waals surface area contributed by atoms with E-state index in [9.17, 15) is 4.79 Å². The average molecular weight is 166 g/mol. The lowest BCUT2D eigenvalue weighted by Crippen LogP contribution is -2.26. The van der Waals surface area contributed by atoms with Crippen LogP contribution in [-0.4, -0.2) is 18.0 Å². The standard InChI is InChI=1S/C10H14O2/c1-7-3-4-8(5-9(7)11)10(2)6-12-10/h3,8H,4-6H2,1-2H3/t8-,10-/m0/s1. The van der Waals surface area contributed by atoms with Crippen LogP contribution in [0.2, 0.25) is 0 Å². The molecule has 1 fully saturated rings. The van der Waals surface area contributed by atoms with Gasteiger partial charge in [-0.3, -0.25) is 4.79 Å². The van der Waals surface area contributed by atoms with Gasteiger partial charge in [0.2, 0.25) is 0 Å². The van der Waals surface area contributed by atoms with Crippen molar-refractivity contribution in [1.29, 1.82) is 0 Å². The fourth-order valence-corrected chi connectivity index (χ4v) is 1.72. The van der Waals surface area contributed by atoms with E-state index in [2.05, 4.69) is 6.92 Å². The monoisotopic (exact) mass is 166 g/mol. The molecule has 0 amide bonds. The zero-order valence-corrected chi connectivity index (χ0v) is 7.59. The van der Waals surface area contributed by atoms with Gasteiger partial charge in [-0.15, -0.1) is 0 Å². The molecule has 2 nitrogen and oxygen atoms in total. The Balaban J connectivity index is 2.09. The first kappa shape index (κ1) is 7.99. The number of Topliss-reactive ketones (excluding diaryl/α,β-unsaturated/α-hetero) is 1. The molecule has 2 atom stereocenters. The van der Waals surface area contributed by atoms with E-state index in [1.807, 2.05) is 13.0 Å². The Morgan fingerprint density at radius 3 is 2.83 bits per heavy atom. The second kappa shape index (κ2) is 2.43. The van der Waals surface area contributed by atoms with E-state index in [1.54, 1.807) is 0 Å². The summed E-state index contributed by atoms with van der Waals surface area (Å²) in [7, 11) is 0. The minimum Gasteiger partial charge on any atom is -0.370 e. The lowest BCUT2D eigenvalue weighted by molar-refractivity contribution is -0.117. The predicted octanol–water partition coefficient (Wildman–Crippen LogP) is 1.70. The number of carbonyl (C=O) groups excluding carboxylic acids is 1. The Bertz CT molecular complexity index is 249.